The Morgan fingerprint density at radius 2 is 1.82 bits per heavy atom. The first-order valence-electron chi connectivity index (χ1n) is 6.17. The van der Waals surface area contributed by atoms with Crippen molar-refractivity contribution in [2.24, 2.45) is 0 Å². The van der Waals surface area contributed by atoms with Crippen LogP contribution in [0.3, 0.4) is 0 Å². The molecule has 1 N–H and O–H groups in total. The molecule has 0 fully saturated rings. The SMILES string of the molecule is O=c1c(O)c(-c2ccc([N+](=O)[O-])cc2)oc2ccc(Cl)cc12. The third-order valence-electron chi connectivity index (χ3n) is 3.17. The van der Waals surface area contributed by atoms with Gasteiger partial charge in [0.25, 0.3) is 5.69 Å². The van der Waals surface area contributed by atoms with Gasteiger partial charge in [-0.3, -0.25) is 14.9 Å². The lowest BCUT2D eigenvalue weighted by Crippen LogP contribution is -2.02. The fourth-order valence-corrected chi connectivity index (χ4v) is 2.26. The predicted molar refractivity (Wildman–Crippen MR) is 81.2 cm³/mol. The molecule has 22 heavy (non-hydrogen) atoms. The summed E-state index contributed by atoms with van der Waals surface area (Å²) in [5.74, 6) is -0.613. The van der Waals surface area contributed by atoms with Crippen LogP contribution >= 0.6 is 11.6 Å². The maximum Gasteiger partial charge on any atom is 0.269 e. The number of aromatic hydroxyl groups is 1. The molecule has 0 saturated carbocycles. The van der Waals surface area contributed by atoms with Crippen LogP contribution in [0.5, 0.6) is 5.75 Å². The van der Waals surface area contributed by atoms with Crippen molar-refractivity contribution in [2.75, 3.05) is 0 Å². The van der Waals surface area contributed by atoms with Gasteiger partial charge in [-0.25, -0.2) is 0 Å². The fraction of sp³-hybridized carbons (Fsp3) is 0. The molecule has 2 aromatic carbocycles. The Balaban J connectivity index is 2.23. The normalized spacial score (nSPS) is 10.8. The van der Waals surface area contributed by atoms with Gasteiger partial charge >= 0.3 is 0 Å². The van der Waals surface area contributed by atoms with Gasteiger partial charge in [-0.2, -0.15) is 0 Å². The van der Waals surface area contributed by atoms with Gasteiger partial charge in [-0.15, -0.1) is 0 Å². The number of hydrogen-bond donors (Lipinski definition) is 1. The molecule has 0 atom stereocenters. The van der Waals surface area contributed by atoms with Crippen molar-refractivity contribution in [2.45, 2.75) is 0 Å². The van der Waals surface area contributed by atoms with E-state index in [1.54, 1.807) is 6.07 Å². The zero-order chi connectivity index (χ0) is 15.9. The molecule has 110 valence electrons. The van der Waals surface area contributed by atoms with E-state index in [2.05, 4.69) is 0 Å². The maximum atomic E-state index is 12.2. The number of rotatable bonds is 2. The topological polar surface area (TPSA) is 93.6 Å². The van der Waals surface area contributed by atoms with Gasteiger partial charge in [0.15, 0.2) is 5.76 Å². The number of nitro benzene ring substituents is 1. The van der Waals surface area contributed by atoms with Crippen LogP contribution < -0.4 is 5.43 Å². The number of halogens is 1. The highest BCUT2D eigenvalue weighted by Gasteiger charge is 2.16. The molecule has 0 radical (unpaired) electrons. The first-order chi connectivity index (χ1) is 10.5. The molecule has 1 aromatic heterocycles. The number of hydrogen-bond acceptors (Lipinski definition) is 5. The molecule has 6 nitrogen and oxygen atoms in total. The van der Waals surface area contributed by atoms with Crippen LogP contribution in [0.2, 0.25) is 5.02 Å². The molecular formula is C15H8ClNO5. The Labute approximate surface area is 128 Å². The smallest absolute Gasteiger partial charge is 0.269 e. The van der Waals surface area contributed by atoms with Gasteiger partial charge in [0.2, 0.25) is 11.2 Å². The highest BCUT2D eigenvalue weighted by Crippen LogP contribution is 2.31. The molecule has 0 spiro atoms. The number of nitrogens with zero attached hydrogens (tertiary/aromatic N) is 1. The van der Waals surface area contributed by atoms with Gasteiger partial charge in [-0.05, 0) is 30.3 Å². The van der Waals surface area contributed by atoms with Crippen LogP contribution in [0.4, 0.5) is 5.69 Å². The van der Waals surface area contributed by atoms with Crippen LogP contribution in [0.25, 0.3) is 22.3 Å². The van der Waals surface area contributed by atoms with E-state index in [4.69, 9.17) is 16.0 Å². The summed E-state index contributed by atoms with van der Waals surface area (Å²) in [5, 5.41) is 21.2. The average Bonchev–Trinajstić information content (AvgIpc) is 2.51. The third-order valence-corrected chi connectivity index (χ3v) is 3.40. The van der Waals surface area contributed by atoms with E-state index < -0.39 is 16.1 Å². The van der Waals surface area contributed by atoms with Crippen LogP contribution in [0.1, 0.15) is 0 Å². The fourth-order valence-electron chi connectivity index (χ4n) is 2.09. The lowest BCUT2D eigenvalue weighted by Gasteiger charge is -2.06. The zero-order valence-electron chi connectivity index (χ0n) is 10.9. The largest absolute Gasteiger partial charge is 0.502 e. The molecule has 0 unspecified atom stereocenters. The minimum absolute atomic E-state index is 0.0466. The lowest BCUT2D eigenvalue weighted by atomic mass is 10.1. The molecule has 0 amide bonds. The number of non-ortho nitro benzene ring substituents is 1. The minimum Gasteiger partial charge on any atom is -0.502 e. The molecule has 0 aliphatic carbocycles. The highest BCUT2D eigenvalue weighted by molar-refractivity contribution is 6.31. The van der Waals surface area contributed by atoms with E-state index in [1.165, 1.54) is 36.4 Å². The summed E-state index contributed by atoms with van der Waals surface area (Å²) in [6.07, 6.45) is 0. The van der Waals surface area contributed by atoms with Crippen molar-refractivity contribution in [3.8, 4) is 17.1 Å². The summed E-state index contributed by atoms with van der Waals surface area (Å²) in [5.41, 5.74) is -0.0899. The molecule has 0 aliphatic rings. The van der Waals surface area contributed by atoms with Crippen LogP contribution in [-0.4, -0.2) is 10.0 Å². The Hall–Kier alpha value is -2.86. The lowest BCUT2D eigenvalue weighted by molar-refractivity contribution is -0.384. The van der Waals surface area contributed by atoms with Crippen molar-refractivity contribution in [3.63, 3.8) is 0 Å². The van der Waals surface area contributed by atoms with E-state index >= 15 is 0 Å². The monoisotopic (exact) mass is 317 g/mol. The van der Waals surface area contributed by atoms with Crippen LogP contribution in [0.15, 0.2) is 51.7 Å². The minimum atomic E-state index is -0.614. The molecule has 0 bridgehead atoms. The number of nitro groups is 1. The second kappa shape index (κ2) is 5.16. The molecule has 3 rings (SSSR count). The molecule has 0 aliphatic heterocycles. The maximum absolute atomic E-state index is 12.2. The predicted octanol–water partition coefficient (Wildman–Crippen LogP) is 3.73. The molecule has 0 saturated heterocycles. The van der Waals surface area contributed by atoms with Gasteiger partial charge in [0, 0.05) is 22.7 Å². The van der Waals surface area contributed by atoms with Gasteiger partial charge in [0.05, 0.1) is 10.3 Å². The van der Waals surface area contributed by atoms with E-state index in [1.807, 2.05) is 0 Å². The first-order valence-corrected chi connectivity index (χ1v) is 6.55. The molecule has 1 heterocycles. The third kappa shape index (κ3) is 2.29. The van der Waals surface area contributed by atoms with Crippen molar-refractivity contribution in [3.05, 3.63) is 67.8 Å². The van der Waals surface area contributed by atoms with Crippen molar-refractivity contribution >= 4 is 28.3 Å². The van der Waals surface area contributed by atoms with Gasteiger partial charge in [0.1, 0.15) is 5.58 Å². The Bertz CT molecular complexity index is 947. The van der Waals surface area contributed by atoms with E-state index in [0.29, 0.717) is 10.6 Å². The summed E-state index contributed by atoms with van der Waals surface area (Å²) in [6.45, 7) is 0. The second-order valence-electron chi connectivity index (χ2n) is 4.55. The summed E-state index contributed by atoms with van der Waals surface area (Å²) >= 11 is 5.82. The van der Waals surface area contributed by atoms with Crippen LogP contribution in [0, 0.1) is 10.1 Å². The standard InChI is InChI=1S/C15H8ClNO5/c16-9-3-6-12-11(7-9)13(18)14(19)15(22-12)8-1-4-10(5-2-8)17(20)21/h1-7,19H. The van der Waals surface area contributed by atoms with Crippen molar-refractivity contribution < 1.29 is 14.4 Å². The summed E-state index contributed by atoms with van der Waals surface area (Å²) in [7, 11) is 0. The van der Waals surface area contributed by atoms with Gasteiger partial charge < -0.3 is 9.52 Å². The molecule has 7 heteroatoms. The first kappa shape index (κ1) is 14.1. The summed E-state index contributed by atoms with van der Waals surface area (Å²) in [4.78, 5) is 22.3. The Morgan fingerprint density at radius 3 is 2.45 bits per heavy atom. The quantitative estimate of drug-likeness (QED) is 0.574. The Morgan fingerprint density at radius 1 is 1.14 bits per heavy atom. The van der Waals surface area contributed by atoms with Crippen molar-refractivity contribution in [1.29, 1.82) is 0 Å². The average molecular weight is 318 g/mol. The van der Waals surface area contributed by atoms with Crippen molar-refractivity contribution in [1.82, 2.24) is 0 Å². The van der Waals surface area contributed by atoms with E-state index in [-0.39, 0.29) is 22.4 Å². The Kier molecular flexibility index (Phi) is 3.30. The zero-order valence-corrected chi connectivity index (χ0v) is 11.7. The van der Waals surface area contributed by atoms with Gasteiger partial charge in [-0.1, -0.05) is 11.6 Å². The molecular weight excluding hydrogens is 310 g/mol. The second-order valence-corrected chi connectivity index (χ2v) is 4.99. The molecule has 3 aromatic rings. The highest BCUT2D eigenvalue weighted by atomic mass is 35.5. The summed E-state index contributed by atoms with van der Waals surface area (Å²) in [6, 6.07) is 9.82. The van der Waals surface area contributed by atoms with E-state index in [0.717, 1.165) is 0 Å². The number of fused-ring (bicyclic) bond motifs is 1. The number of benzene rings is 2. The summed E-state index contributed by atoms with van der Waals surface area (Å²) < 4.78 is 5.54. The van der Waals surface area contributed by atoms with E-state index in [9.17, 15) is 20.0 Å². The van der Waals surface area contributed by atoms with Crippen LogP contribution in [-0.2, 0) is 0 Å².